The van der Waals surface area contributed by atoms with Crippen molar-refractivity contribution in [2.45, 2.75) is 12.5 Å². The Morgan fingerprint density at radius 3 is 2.21 bits per heavy atom. The van der Waals surface area contributed by atoms with Crippen molar-refractivity contribution in [3.8, 4) is 0 Å². The van der Waals surface area contributed by atoms with Crippen LogP contribution in [0.25, 0.3) is 0 Å². The van der Waals surface area contributed by atoms with Crippen molar-refractivity contribution < 1.29 is 13.2 Å². The lowest BCUT2D eigenvalue weighted by molar-refractivity contribution is 0.497. The van der Waals surface area contributed by atoms with Crippen molar-refractivity contribution in [1.29, 1.82) is 0 Å². The smallest absolute Gasteiger partial charge is 0.159 e. The highest BCUT2D eigenvalue weighted by molar-refractivity contribution is 5.25. The van der Waals surface area contributed by atoms with Gasteiger partial charge in [0.2, 0.25) is 0 Å². The van der Waals surface area contributed by atoms with E-state index in [-0.39, 0.29) is 11.9 Å². The minimum atomic E-state index is -0.920. The third-order valence-electron chi connectivity index (χ3n) is 2.90. The molecule has 1 unspecified atom stereocenters. The summed E-state index contributed by atoms with van der Waals surface area (Å²) in [4.78, 5) is 0. The number of nitrogens with two attached hydrogens (primary N) is 1. The van der Waals surface area contributed by atoms with Gasteiger partial charge in [-0.25, -0.2) is 13.2 Å². The van der Waals surface area contributed by atoms with Crippen LogP contribution in [0.15, 0.2) is 42.5 Å². The van der Waals surface area contributed by atoms with E-state index in [0.717, 1.165) is 17.7 Å². The molecule has 0 spiro atoms. The van der Waals surface area contributed by atoms with E-state index >= 15 is 0 Å². The zero-order chi connectivity index (χ0) is 13.8. The molecule has 2 aromatic carbocycles. The van der Waals surface area contributed by atoms with Gasteiger partial charge < -0.3 is 0 Å². The highest BCUT2D eigenvalue weighted by Gasteiger charge is 2.13. The molecule has 0 amide bonds. The third-order valence-corrected chi connectivity index (χ3v) is 2.90. The summed E-state index contributed by atoms with van der Waals surface area (Å²) in [5.74, 6) is 3.28. The number of hydrazine groups is 1. The van der Waals surface area contributed by atoms with Crippen molar-refractivity contribution >= 4 is 0 Å². The van der Waals surface area contributed by atoms with Crippen molar-refractivity contribution in [3.63, 3.8) is 0 Å². The fourth-order valence-corrected chi connectivity index (χ4v) is 1.86. The highest BCUT2D eigenvalue weighted by Crippen LogP contribution is 2.20. The molecule has 0 aliphatic heterocycles. The summed E-state index contributed by atoms with van der Waals surface area (Å²) >= 11 is 0. The minimum Gasteiger partial charge on any atom is -0.271 e. The summed E-state index contributed by atoms with van der Waals surface area (Å²) in [5, 5.41) is 0. The average molecular weight is 266 g/mol. The van der Waals surface area contributed by atoms with Gasteiger partial charge in [0.15, 0.2) is 11.6 Å². The molecule has 0 heterocycles. The summed E-state index contributed by atoms with van der Waals surface area (Å²) in [5.41, 5.74) is 3.92. The molecule has 0 saturated heterocycles. The maximum Gasteiger partial charge on any atom is 0.159 e. The first kappa shape index (κ1) is 13.6. The van der Waals surface area contributed by atoms with Crippen LogP contribution in [-0.4, -0.2) is 0 Å². The van der Waals surface area contributed by atoms with E-state index in [0.29, 0.717) is 12.0 Å². The number of rotatable bonds is 4. The van der Waals surface area contributed by atoms with Crippen LogP contribution in [0.2, 0.25) is 0 Å². The molecule has 2 nitrogen and oxygen atoms in total. The van der Waals surface area contributed by atoms with E-state index in [1.165, 1.54) is 18.2 Å². The van der Waals surface area contributed by atoms with Gasteiger partial charge in [0.1, 0.15) is 5.82 Å². The van der Waals surface area contributed by atoms with Gasteiger partial charge in [-0.3, -0.25) is 11.3 Å². The molecule has 2 aromatic rings. The minimum absolute atomic E-state index is 0.325. The van der Waals surface area contributed by atoms with Gasteiger partial charge in [-0.05, 0) is 41.8 Å². The lowest BCUT2D eigenvalue weighted by Gasteiger charge is -2.16. The molecule has 0 aliphatic carbocycles. The van der Waals surface area contributed by atoms with Gasteiger partial charge in [0.05, 0.1) is 6.04 Å². The second kappa shape index (κ2) is 5.86. The van der Waals surface area contributed by atoms with E-state index in [2.05, 4.69) is 5.43 Å². The summed E-state index contributed by atoms with van der Waals surface area (Å²) in [6, 6.07) is 9.18. The van der Waals surface area contributed by atoms with Gasteiger partial charge in [-0.2, -0.15) is 0 Å². The summed E-state index contributed by atoms with van der Waals surface area (Å²) in [7, 11) is 0. The van der Waals surface area contributed by atoms with E-state index < -0.39 is 11.6 Å². The van der Waals surface area contributed by atoms with Crippen LogP contribution in [-0.2, 0) is 6.42 Å². The Hall–Kier alpha value is -1.85. The van der Waals surface area contributed by atoms with E-state index in [4.69, 9.17) is 5.84 Å². The van der Waals surface area contributed by atoms with Crippen molar-refractivity contribution in [1.82, 2.24) is 5.43 Å². The first-order valence-corrected chi connectivity index (χ1v) is 5.75. The zero-order valence-corrected chi connectivity index (χ0v) is 10.0. The number of benzene rings is 2. The molecule has 0 fully saturated rings. The topological polar surface area (TPSA) is 38.0 Å². The Bertz CT molecular complexity index is 555. The molecule has 100 valence electrons. The quantitative estimate of drug-likeness (QED) is 0.659. The number of nitrogens with one attached hydrogen (secondary N) is 1. The first-order valence-electron chi connectivity index (χ1n) is 5.75. The predicted octanol–water partition coefficient (Wildman–Crippen LogP) is 2.85. The SMILES string of the molecule is NNC(Cc1ccc(F)cc1)c1ccc(F)c(F)c1. The van der Waals surface area contributed by atoms with E-state index in [1.54, 1.807) is 12.1 Å². The first-order chi connectivity index (χ1) is 9.10. The Balaban J connectivity index is 2.19. The predicted molar refractivity (Wildman–Crippen MR) is 66.5 cm³/mol. The van der Waals surface area contributed by atoms with Crippen LogP contribution in [0.1, 0.15) is 17.2 Å². The van der Waals surface area contributed by atoms with Crippen LogP contribution in [0.5, 0.6) is 0 Å². The van der Waals surface area contributed by atoms with Crippen molar-refractivity contribution in [2.75, 3.05) is 0 Å². The molecular weight excluding hydrogens is 253 g/mol. The Kier molecular flexibility index (Phi) is 4.19. The van der Waals surface area contributed by atoms with Crippen LogP contribution in [0.4, 0.5) is 13.2 Å². The third kappa shape index (κ3) is 3.33. The molecule has 19 heavy (non-hydrogen) atoms. The average Bonchev–Trinajstić information content (AvgIpc) is 2.41. The molecule has 0 aromatic heterocycles. The fraction of sp³-hybridized carbons (Fsp3) is 0.143. The Morgan fingerprint density at radius 1 is 0.947 bits per heavy atom. The summed E-state index contributed by atoms with van der Waals surface area (Å²) < 4.78 is 38.8. The number of halogens is 3. The summed E-state index contributed by atoms with van der Waals surface area (Å²) in [6.07, 6.45) is 0.446. The molecule has 0 aliphatic rings. The molecule has 0 saturated carbocycles. The maximum absolute atomic E-state index is 13.2. The van der Waals surface area contributed by atoms with Gasteiger partial charge in [0, 0.05) is 0 Å². The number of hydrogen-bond donors (Lipinski definition) is 2. The molecular formula is C14H13F3N2. The van der Waals surface area contributed by atoms with Crippen LogP contribution in [0.3, 0.4) is 0 Å². The van der Waals surface area contributed by atoms with Crippen molar-refractivity contribution in [3.05, 3.63) is 71.0 Å². The second-order valence-electron chi connectivity index (χ2n) is 4.22. The normalized spacial score (nSPS) is 12.4. The molecule has 0 radical (unpaired) electrons. The Labute approximate surface area is 109 Å². The van der Waals surface area contributed by atoms with Gasteiger partial charge in [0.25, 0.3) is 0 Å². The second-order valence-corrected chi connectivity index (χ2v) is 4.22. The molecule has 2 rings (SSSR count). The highest BCUT2D eigenvalue weighted by atomic mass is 19.2. The molecule has 5 heteroatoms. The monoisotopic (exact) mass is 266 g/mol. The maximum atomic E-state index is 13.2. The molecule has 3 N–H and O–H groups in total. The van der Waals surface area contributed by atoms with Crippen LogP contribution >= 0.6 is 0 Å². The van der Waals surface area contributed by atoms with Gasteiger partial charge in [-0.15, -0.1) is 0 Å². The van der Waals surface area contributed by atoms with Gasteiger partial charge in [-0.1, -0.05) is 18.2 Å². The number of hydrogen-bond acceptors (Lipinski definition) is 2. The molecule has 1 atom stereocenters. The van der Waals surface area contributed by atoms with Crippen LogP contribution in [0, 0.1) is 17.5 Å². The summed E-state index contributed by atoms with van der Waals surface area (Å²) in [6.45, 7) is 0. The zero-order valence-electron chi connectivity index (χ0n) is 10.0. The van der Waals surface area contributed by atoms with E-state index in [9.17, 15) is 13.2 Å². The lowest BCUT2D eigenvalue weighted by atomic mass is 9.99. The standard InChI is InChI=1S/C14H13F3N2/c15-11-4-1-9(2-5-11)7-14(19-18)10-3-6-12(16)13(17)8-10/h1-6,8,14,19H,7,18H2. The lowest BCUT2D eigenvalue weighted by Crippen LogP contribution is -2.29. The van der Waals surface area contributed by atoms with Crippen LogP contribution < -0.4 is 11.3 Å². The molecule has 0 bridgehead atoms. The van der Waals surface area contributed by atoms with Gasteiger partial charge >= 0.3 is 0 Å². The van der Waals surface area contributed by atoms with E-state index in [1.807, 2.05) is 0 Å². The largest absolute Gasteiger partial charge is 0.271 e. The fourth-order valence-electron chi connectivity index (χ4n) is 1.86. The Morgan fingerprint density at radius 2 is 1.63 bits per heavy atom. The van der Waals surface area contributed by atoms with Crippen molar-refractivity contribution in [2.24, 2.45) is 5.84 Å².